The van der Waals surface area contributed by atoms with E-state index >= 15 is 0 Å². The van der Waals surface area contributed by atoms with Crippen molar-refractivity contribution in [1.29, 1.82) is 0 Å². The quantitative estimate of drug-likeness (QED) is 0.787. The van der Waals surface area contributed by atoms with Gasteiger partial charge in [0.25, 0.3) is 0 Å². The maximum atomic E-state index is 12.5. The maximum Gasteiger partial charge on any atom is 0.227 e. The van der Waals surface area contributed by atoms with Crippen LogP contribution in [0.2, 0.25) is 0 Å². The monoisotopic (exact) mass is 316 g/mol. The highest BCUT2D eigenvalue weighted by Crippen LogP contribution is 2.29. The van der Waals surface area contributed by atoms with Crippen LogP contribution in [0.25, 0.3) is 11.0 Å². The topological polar surface area (TPSA) is 82.2 Å². The van der Waals surface area contributed by atoms with E-state index in [2.05, 4.69) is 20.9 Å². The maximum absolute atomic E-state index is 12.5. The second-order valence-electron chi connectivity index (χ2n) is 6.13. The molecule has 0 atom stereocenters. The molecule has 124 valence electrons. The molecule has 1 aromatic carbocycles. The average molecular weight is 316 g/mol. The van der Waals surface area contributed by atoms with Crippen molar-refractivity contribution >= 4 is 16.9 Å². The van der Waals surface area contributed by atoms with E-state index in [0.29, 0.717) is 39.1 Å². The highest BCUT2D eigenvalue weighted by atomic mass is 16.5. The third-order valence-electron chi connectivity index (χ3n) is 4.71. The van der Waals surface area contributed by atoms with Gasteiger partial charge in [0.2, 0.25) is 5.91 Å². The van der Waals surface area contributed by atoms with Crippen LogP contribution < -0.4 is 11.1 Å². The lowest BCUT2D eigenvalue weighted by Gasteiger charge is -2.34. The normalized spacial score (nSPS) is 17.3. The first-order valence-corrected chi connectivity index (χ1v) is 8.21. The van der Waals surface area contributed by atoms with Gasteiger partial charge in [-0.1, -0.05) is 12.1 Å². The molecule has 1 aromatic heterocycles. The number of nitrogens with zero attached hydrogens (tertiary/aromatic N) is 2. The molecule has 2 aromatic rings. The van der Waals surface area contributed by atoms with Gasteiger partial charge in [0, 0.05) is 32.8 Å². The summed E-state index contributed by atoms with van der Waals surface area (Å²) in [4.78, 5) is 16.8. The molecule has 23 heavy (non-hydrogen) atoms. The van der Waals surface area contributed by atoms with Crippen molar-refractivity contribution in [1.82, 2.24) is 14.9 Å². The third kappa shape index (κ3) is 3.38. The number of nitrogens with one attached hydrogen (secondary N) is 1. The van der Waals surface area contributed by atoms with Crippen LogP contribution in [-0.4, -0.2) is 41.8 Å². The molecule has 0 unspecified atom stereocenters. The van der Waals surface area contributed by atoms with Crippen molar-refractivity contribution in [2.45, 2.75) is 25.8 Å². The lowest BCUT2D eigenvalue weighted by atomic mass is 9.79. The van der Waals surface area contributed by atoms with Crippen LogP contribution in [-0.2, 0) is 16.1 Å². The first-order valence-electron chi connectivity index (χ1n) is 8.21. The summed E-state index contributed by atoms with van der Waals surface area (Å²) in [5.41, 5.74) is 7.54. The molecule has 0 aliphatic carbocycles. The molecular formula is C17H24N4O2. The van der Waals surface area contributed by atoms with Gasteiger partial charge >= 0.3 is 0 Å². The fourth-order valence-corrected chi connectivity index (χ4v) is 3.11. The van der Waals surface area contributed by atoms with Gasteiger partial charge in [0.1, 0.15) is 0 Å². The summed E-state index contributed by atoms with van der Waals surface area (Å²) in [6.45, 7) is 3.10. The van der Waals surface area contributed by atoms with E-state index < -0.39 is 5.41 Å². The molecule has 6 nitrogen and oxygen atoms in total. The molecule has 0 saturated carbocycles. The summed E-state index contributed by atoms with van der Waals surface area (Å²) < 4.78 is 7.47. The Kier molecular flexibility index (Phi) is 4.93. The van der Waals surface area contributed by atoms with Crippen LogP contribution in [0.1, 0.15) is 19.3 Å². The van der Waals surface area contributed by atoms with Crippen LogP contribution in [0.4, 0.5) is 0 Å². The Morgan fingerprint density at radius 2 is 2.13 bits per heavy atom. The van der Waals surface area contributed by atoms with Gasteiger partial charge in [-0.3, -0.25) is 4.79 Å². The SMILES string of the molecule is NCC1(C(=O)NCCCn2cnc3ccccc32)CCOCC1. The zero-order valence-electron chi connectivity index (χ0n) is 13.3. The number of hydrogen-bond donors (Lipinski definition) is 2. The molecule has 3 rings (SSSR count). The fraction of sp³-hybridized carbons (Fsp3) is 0.529. The minimum absolute atomic E-state index is 0.0683. The molecule has 1 aliphatic rings. The predicted molar refractivity (Wildman–Crippen MR) is 88.9 cm³/mol. The van der Waals surface area contributed by atoms with Crippen LogP contribution in [0.15, 0.2) is 30.6 Å². The Labute approximate surface area is 136 Å². The Bertz CT molecular complexity index is 661. The van der Waals surface area contributed by atoms with Crippen molar-refractivity contribution in [2.75, 3.05) is 26.3 Å². The van der Waals surface area contributed by atoms with Gasteiger partial charge in [0.15, 0.2) is 0 Å². The zero-order chi connectivity index (χ0) is 16.1. The molecule has 0 radical (unpaired) electrons. The number of aryl methyl sites for hydroxylation is 1. The number of fused-ring (bicyclic) bond motifs is 1. The molecule has 0 spiro atoms. The first kappa shape index (κ1) is 16.0. The lowest BCUT2D eigenvalue weighted by Crippen LogP contribution is -2.49. The molecule has 6 heteroatoms. The van der Waals surface area contributed by atoms with Crippen molar-refractivity contribution in [3.8, 4) is 0 Å². The number of benzene rings is 1. The fourth-order valence-electron chi connectivity index (χ4n) is 3.11. The average Bonchev–Trinajstić information content (AvgIpc) is 3.02. The van der Waals surface area contributed by atoms with Gasteiger partial charge in [-0.2, -0.15) is 0 Å². The van der Waals surface area contributed by atoms with Crippen molar-refractivity contribution in [2.24, 2.45) is 11.1 Å². The Hall–Kier alpha value is -1.92. The van der Waals surface area contributed by atoms with Crippen molar-refractivity contribution in [3.63, 3.8) is 0 Å². The van der Waals surface area contributed by atoms with Crippen molar-refractivity contribution < 1.29 is 9.53 Å². The second-order valence-corrected chi connectivity index (χ2v) is 6.13. The number of carbonyl (C=O) groups excluding carboxylic acids is 1. The number of rotatable bonds is 6. The minimum Gasteiger partial charge on any atom is -0.381 e. The van der Waals surface area contributed by atoms with E-state index in [-0.39, 0.29) is 5.91 Å². The predicted octanol–water partition coefficient (Wildman–Crippen LogP) is 1.30. The van der Waals surface area contributed by atoms with E-state index in [1.165, 1.54) is 0 Å². The minimum atomic E-state index is -0.444. The zero-order valence-corrected chi connectivity index (χ0v) is 13.3. The Morgan fingerprint density at radius 3 is 2.91 bits per heavy atom. The second kappa shape index (κ2) is 7.10. The van der Waals surface area contributed by atoms with Gasteiger partial charge in [-0.25, -0.2) is 4.98 Å². The van der Waals surface area contributed by atoms with Gasteiger partial charge in [0.05, 0.1) is 22.8 Å². The number of hydrogen-bond acceptors (Lipinski definition) is 4. The van der Waals surface area contributed by atoms with Crippen LogP contribution in [0.3, 0.4) is 0 Å². The smallest absolute Gasteiger partial charge is 0.227 e. The molecule has 1 amide bonds. The summed E-state index contributed by atoms with van der Waals surface area (Å²) in [6.07, 6.45) is 4.14. The van der Waals surface area contributed by atoms with E-state index in [0.717, 1.165) is 24.0 Å². The number of amides is 1. The number of aromatic nitrogens is 2. The molecule has 1 saturated heterocycles. The Morgan fingerprint density at radius 1 is 1.35 bits per heavy atom. The number of nitrogens with two attached hydrogens (primary N) is 1. The van der Waals surface area contributed by atoms with Crippen LogP contribution in [0.5, 0.6) is 0 Å². The number of ether oxygens (including phenoxy) is 1. The van der Waals surface area contributed by atoms with Gasteiger partial charge in [-0.15, -0.1) is 0 Å². The molecular weight excluding hydrogens is 292 g/mol. The Balaban J connectivity index is 1.50. The summed E-state index contributed by atoms with van der Waals surface area (Å²) in [5.74, 6) is 0.0683. The van der Waals surface area contributed by atoms with Crippen LogP contribution in [0, 0.1) is 5.41 Å². The molecule has 1 aliphatic heterocycles. The van der Waals surface area contributed by atoms with Crippen LogP contribution >= 0.6 is 0 Å². The van der Waals surface area contributed by atoms with E-state index in [9.17, 15) is 4.79 Å². The summed E-state index contributed by atoms with van der Waals surface area (Å²) in [6, 6.07) is 8.06. The summed E-state index contributed by atoms with van der Waals surface area (Å²) in [5, 5.41) is 3.05. The van der Waals surface area contributed by atoms with Gasteiger partial charge < -0.3 is 20.4 Å². The number of para-hydroxylation sites is 2. The summed E-state index contributed by atoms with van der Waals surface area (Å²) in [7, 11) is 0. The molecule has 0 bridgehead atoms. The van der Waals surface area contributed by atoms with E-state index in [1.54, 1.807) is 0 Å². The molecule has 3 N–H and O–H groups in total. The highest BCUT2D eigenvalue weighted by Gasteiger charge is 2.38. The van der Waals surface area contributed by atoms with Gasteiger partial charge in [-0.05, 0) is 31.4 Å². The highest BCUT2D eigenvalue weighted by molar-refractivity contribution is 5.83. The van der Waals surface area contributed by atoms with Crippen molar-refractivity contribution in [3.05, 3.63) is 30.6 Å². The largest absolute Gasteiger partial charge is 0.381 e. The number of carbonyl (C=O) groups is 1. The number of imidazole rings is 1. The summed E-state index contributed by atoms with van der Waals surface area (Å²) >= 11 is 0. The lowest BCUT2D eigenvalue weighted by molar-refractivity contribution is -0.135. The standard InChI is InChI=1S/C17H24N4O2/c18-12-17(6-10-23-11-7-17)16(22)19-8-3-9-21-13-20-14-4-1-2-5-15(14)21/h1-2,4-5,13H,3,6-12,18H2,(H,19,22). The molecule has 1 fully saturated rings. The first-order chi connectivity index (χ1) is 11.2. The third-order valence-corrected chi connectivity index (χ3v) is 4.71. The van der Waals surface area contributed by atoms with E-state index in [1.807, 2.05) is 24.5 Å². The van der Waals surface area contributed by atoms with E-state index in [4.69, 9.17) is 10.5 Å². The molecule has 2 heterocycles.